The van der Waals surface area contributed by atoms with Gasteiger partial charge in [-0.25, -0.2) is 0 Å². The van der Waals surface area contributed by atoms with Crippen molar-refractivity contribution < 1.29 is 29.6 Å². The van der Waals surface area contributed by atoms with E-state index in [1.54, 1.807) is 0 Å². The molecule has 7 nitrogen and oxygen atoms in total. The number of aromatic hydroxyl groups is 1. The number of aliphatic hydroxyl groups is 3. The first-order valence-corrected chi connectivity index (χ1v) is 6.79. The number of benzene rings is 1. The lowest BCUT2D eigenvalue weighted by molar-refractivity contribution is -0.0729. The van der Waals surface area contributed by atoms with Crippen molar-refractivity contribution in [3.63, 3.8) is 0 Å². The van der Waals surface area contributed by atoms with E-state index in [0.717, 1.165) is 6.07 Å². The first-order chi connectivity index (χ1) is 10.4. The first-order valence-electron chi connectivity index (χ1n) is 6.79. The molecule has 0 fully saturated rings. The summed E-state index contributed by atoms with van der Waals surface area (Å²) in [5.41, 5.74) is -1.47. The molecule has 1 aromatic carbocycles. The molecule has 0 radical (unpaired) electrons. The molecule has 1 aliphatic heterocycles. The number of ether oxygens (including phenoxy) is 1. The fourth-order valence-electron chi connectivity index (χ4n) is 2.58. The predicted octanol–water partition coefficient (Wildman–Crippen LogP) is 0.0377. The Morgan fingerprint density at radius 1 is 1.36 bits per heavy atom. The van der Waals surface area contributed by atoms with Crippen LogP contribution in [0.25, 0.3) is 11.0 Å². The van der Waals surface area contributed by atoms with Crippen molar-refractivity contribution >= 4 is 11.0 Å². The van der Waals surface area contributed by atoms with Gasteiger partial charge in [0.25, 0.3) is 0 Å². The number of rotatable bonds is 3. The predicted molar refractivity (Wildman–Crippen MR) is 75.9 cm³/mol. The Hall–Kier alpha value is -2.09. The van der Waals surface area contributed by atoms with Crippen molar-refractivity contribution in [2.75, 3.05) is 6.61 Å². The molecule has 0 saturated carbocycles. The molecule has 0 amide bonds. The average molecular weight is 308 g/mol. The lowest BCUT2D eigenvalue weighted by Gasteiger charge is -2.26. The summed E-state index contributed by atoms with van der Waals surface area (Å²) in [4.78, 5) is 12.1. The maximum atomic E-state index is 12.1. The highest BCUT2D eigenvalue weighted by molar-refractivity contribution is 5.87. The fourth-order valence-corrected chi connectivity index (χ4v) is 2.58. The molecular formula is C15H16O7. The van der Waals surface area contributed by atoms with E-state index in [9.17, 15) is 20.1 Å². The largest absolute Gasteiger partial charge is 0.507 e. The molecule has 1 aliphatic rings. The summed E-state index contributed by atoms with van der Waals surface area (Å²) in [5, 5.41) is 38.7. The van der Waals surface area contributed by atoms with Gasteiger partial charge in [-0.05, 0) is 6.92 Å². The van der Waals surface area contributed by atoms with Gasteiger partial charge >= 0.3 is 0 Å². The number of aliphatic hydroxyl groups excluding tert-OH is 2. The minimum atomic E-state index is -1.48. The Labute approximate surface area is 125 Å². The van der Waals surface area contributed by atoms with Crippen LogP contribution in [0, 0.1) is 0 Å². The average Bonchev–Trinajstić information content (AvgIpc) is 2.91. The van der Waals surface area contributed by atoms with E-state index in [2.05, 4.69) is 0 Å². The van der Waals surface area contributed by atoms with Crippen LogP contribution in [0.3, 0.4) is 0 Å². The molecule has 0 bridgehead atoms. The highest BCUT2D eigenvalue weighted by Crippen LogP contribution is 2.42. The molecule has 0 aliphatic carbocycles. The monoisotopic (exact) mass is 308 g/mol. The van der Waals surface area contributed by atoms with Crippen LogP contribution in [0.15, 0.2) is 21.3 Å². The molecule has 2 heterocycles. The normalized spacial score (nSPS) is 19.7. The number of fused-ring (bicyclic) bond motifs is 2. The van der Waals surface area contributed by atoms with Gasteiger partial charge in [-0.15, -0.1) is 0 Å². The number of phenolic OH excluding ortho intramolecular Hbond substituents is 1. The van der Waals surface area contributed by atoms with Crippen molar-refractivity contribution in [2.45, 2.75) is 31.7 Å². The van der Waals surface area contributed by atoms with Gasteiger partial charge in [-0.1, -0.05) is 0 Å². The molecule has 4 N–H and O–H groups in total. The quantitative estimate of drug-likeness (QED) is 0.631. The van der Waals surface area contributed by atoms with Crippen LogP contribution in [0.4, 0.5) is 0 Å². The lowest BCUT2D eigenvalue weighted by Crippen LogP contribution is -2.45. The smallest absolute Gasteiger partial charge is 0.196 e. The van der Waals surface area contributed by atoms with E-state index in [0.29, 0.717) is 5.56 Å². The molecule has 0 spiro atoms. The van der Waals surface area contributed by atoms with Crippen molar-refractivity contribution in [1.29, 1.82) is 0 Å². The van der Waals surface area contributed by atoms with Crippen LogP contribution >= 0.6 is 0 Å². The van der Waals surface area contributed by atoms with Crippen LogP contribution in [0.5, 0.6) is 11.5 Å². The number of phenols is 1. The standard InChI is InChI=1S/C15H16O7/c1-15(20,6-17)12-3-8-10(22-12)4-11-13(14(8)19)9(18)2-7(5-16)21-11/h2,4,12,16-17,19-20H,3,5-6H2,1H3/t12-,15+/m0/s1. The Morgan fingerprint density at radius 2 is 2.09 bits per heavy atom. The van der Waals surface area contributed by atoms with E-state index in [1.165, 1.54) is 13.0 Å². The summed E-state index contributed by atoms with van der Waals surface area (Å²) in [6, 6.07) is 2.56. The van der Waals surface area contributed by atoms with Gasteiger partial charge in [0.15, 0.2) is 5.43 Å². The summed E-state index contributed by atoms with van der Waals surface area (Å²) in [6.45, 7) is 0.483. The summed E-state index contributed by atoms with van der Waals surface area (Å²) in [6.07, 6.45) is -0.589. The van der Waals surface area contributed by atoms with Crippen molar-refractivity contribution in [1.82, 2.24) is 0 Å². The van der Waals surface area contributed by atoms with Gasteiger partial charge in [-0.3, -0.25) is 4.79 Å². The van der Waals surface area contributed by atoms with E-state index in [-0.39, 0.29) is 34.6 Å². The molecule has 118 valence electrons. The lowest BCUT2D eigenvalue weighted by atomic mass is 9.95. The maximum absolute atomic E-state index is 12.1. The third kappa shape index (κ3) is 2.14. The van der Waals surface area contributed by atoms with Gasteiger partial charge in [0, 0.05) is 24.1 Å². The Kier molecular flexibility index (Phi) is 3.36. The second-order valence-corrected chi connectivity index (χ2v) is 5.64. The molecule has 7 heteroatoms. The molecular weight excluding hydrogens is 292 g/mol. The molecule has 2 aromatic rings. The van der Waals surface area contributed by atoms with Gasteiger partial charge in [0.2, 0.25) is 0 Å². The second kappa shape index (κ2) is 4.98. The SMILES string of the molecule is C[C@@](O)(CO)[C@@H]1Cc2c(cc3oc(CO)cc(=O)c3c2O)O1. The van der Waals surface area contributed by atoms with Crippen molar-refractivity contribution in [3.8, 4) is 11.5 Å². The number of hydrogen-bond acceptors (Lipinski definition) is 7. The highest BCUT2D eigenvalue weighted by atomic mass is 16.5. The maximum Gasteiger partial charge on any atom is 0.196 e. The van der Waals surface area contributed by atoms with Crippen LogP contribution < -0.4 is 10.2 Å². The summed E-state index contributed by atoms with van der Waals surface area (Å²) < 4.78 is 10.9. The zero-order valence-electron chi connectivity index (χ0n) is 11.9. The molecule has 2 atom stereocenters. The van der Waals surface area contributed by atoms with Crippen LogP contribution in [0.1, 0.15) is 18.2 Å². The topological polar surface area (TPSA) is 120 Å². The summed E-state index contributed by atoms with van der Waals surface area (Å²) in [5.74, 6) is 0.0951. The highest BCUT2D eigenvalue weighted by Gasteiger charge is 2.40. The minimum Gasteiger partial charge on any atom is -0.507 e. The Balaban J connectivity index is 2.16. The second-order valence-electron chi connectivity index (χ2n) is 5.64. The summed E-state index contributed by atoms with van der Waals surface area (Å²) >= 11 is 0. The van der Waals surface area contributed by atoms with Crippen LogP contribution in [-0.2, 0) is 13.0 Å². The molecule has 1 aromatic heterocycles. The zero-order chi connectivity index (χ0) is 16.1. The van der Waals surface area contributed by atoms with Crippen LogP contribution in [-0.4, -0.2) is 38.7 Å². The Morgan fingerprint density at radius 3 is 2.73 bits per heavy atom. The first kappa shape index (κ1) is 14.8. The minimum absolute atomic E-state index is 0.00356. The molecule has 22 heavy (non-hydrogen) atoms. The molecule has 0 unspecified atom stereocenters. The van der Waals surface area contributed by atoms with E-state index < -0.39 is 30.3 Å². The van der Waals surface area contributed by atoms with Crippen LogP contribution in [0.2, 0.25) is 0 Å². The van der Waals surface area contributed by atoms with Gasteiger partial charge in [0.1, 0.15) is 46.5 Å². The van der Waals surface area contributed by atoms with Crippen molar-refractivity contribution in [2.24, 2.45) is 0 Å². The van der Waals surface area contributed by atoms with Gasteiger partial charge in [-0.2, -0.15) is 0 Å². The van der Waals surface area contributed by atoms with Crippen molar-refractivity contribution in [3.05, 3.63) is 33.7 Å². The van der Waals surface area contributed by atoms with Gasteiger partial charge in [0.05, 0.1) is 6.61 Å². The summed E-state index contributed by atoms with van der Waals surface area (Å²) in [7, 11) is 0. The third-order valence-corrected chi connectivity index (χ3v) is 3.94. The molecule has 3 rings (SSSR count). The number of hydrogen-bond donors (Lipinski definition) is 4. The Bertz CT molecular complexity index is 791. The van der Waals surface area contributed by atoms with E-state index in [4.69, 9.17) is 14.3 Å². The van der Waals surface area contributed by atoms with E-state index >= 15 is 0 Å². The fraction of sp³-hybridized carbons (Fsp3) is 0.400. The van der Waals surface area contributed by atoms with E-state index in [1.807, 2.05) is 0 Å². The molecule has 0 saturated heterocycles. The zero-order valence-corrected chi connectivity index (χ0v) is 11.9. The third-order valence-electron chi connectivity index (χ3n) is 3.94. The van der Waals surface area contributed by atoms with Gasteiger partial charge < -0.3 is 29.6 Å².